The third-order valence-electron chi connectivity index (χ3n) is 6.10. The molecule has 0 atom stereocenters. The predicted molar refractivity (Wildman–Crippen MR) is 135 cm³/mol. The van der Waals surface area contributed by atoms with Crippen LogP contribution in [0.25, 0.3) is 0 Å². The minimum Gasteiger partial charge on any atom is -0.454 e. The summed E-state index contributed by atoms with van der Waals surface area (Å²) < 4.78 is 46.1. The number of ether oxygens (including phenoxy) is 1. The van der Waals surface area contributed by atoms with E-state index in [0.29, 0.717) is 0 Å². The normalized spacial score (nSPS) is 15.4. The predicted octanol–water partition coefficient (Wildman–Crippen LogP) is 4.66. The van der Waals surface area contributed by atoms with Crippen LogP contribution >= 0.6 is 0 Å². The van der Waals surface area contributed by atoms with Gasteiger partial charge in [0.1, 0.15) is 5.82 Å². The molecular formula is C27H25FN2O5S. The van der Waals surface area contributed by atoms with Crippen molar-refractivity contribution in [3.8, 4) is 0 Å². The van der Waals surface area contributed by atoms with Gasteiger partial charge >= 0.3 is 5.97 Å². The maximum Gasteiger partial charge on any atom is 0.340 e. The number of likely N-dealkylation sites (N-methyl/N-ethyl adjacent to an activating group) is 1. The summed E-state index contributed by atoms with van der Waals surface area (Å²) in [6.07, 6.45) is 1.47. The molecule has 0 fully saturated rings. The molecule has 9 heteroatoms. The molecule has 3 aromatic carbocycles. The van der Waals surface area contributed by atoms with Crippen molar-refractivity contribution in [2.75, 3.05) is 23.3 Å². The van der Waals surface area contributed by atoms with E-state index in [4.69, 9.17) is 4.74 Å². The van der Waals surface area contributed by atoms with Crippen molar-refractivity contribution >= 4 is 33.2 Å². The van der Waals surface area contributed by atoms with Crippen LogP contribution in [0.1, 0.15) is 29.8 Å². The van der Waals surface area contributed by atoms with Crippen LogP contribution in [0.15, 0.2) is 89.5 Å². The molecule has 4 rings (SSSR count). The molecule has 7 nitrogen and oxygen atoms in total. The number of nitrogens with zero attached hydrogens (tertiary/aromatic N) is 1. The van der Waals surface area contributed by atoms with Crippen LogP contribution in [-0.4, -0.2) is 33.8 Å². The zero-order valence-corrected chi connectivity index (χ0v) is 20.8. The molecule has 36 heavy (non-hydrogen) atoms. The van der Waals surface area contributed by atoms with Gasteiger partial charge in [-0.15, -0.1) is 0 Å². The van der Waals surface area contributed by atoms with Gasteiger partial charge < -0.3 is 9.64 Å². The standard InChI is InChI=1S/C27H25FN2O5S/c1-27(2)22-9-5-7-11-24(22)30(3)25(27)16-19(31)17-35-26(32)21-8-4-6-10-23(21)29-36(33,34)20-14-12-18(28)13-15-20/h4-16,29H,17H2,1-3H3. The minimum absolute atomic E-state index is 0.0234. The van der Waals surface area contributed by atoms with Gasteiger partial charge in [0, 0.05) is 29.9 Å². The van der Waals surface area contributed by atoms with Crippen molar-refractivity contribution in [3.63, 3.8) is 0 Å². The van der Waals surface area contributed by atoms with Crippen molar-refractivity contribution in [1.29, 1.82) is 0 Å². The second-order valence-electron chi connectivity index (χ2n) is 8.88. The number of hydrogen-bond donors (Lipinski definition) is 1. The molecule has 1 heterocycles. The highest BCUT2D eigenvalue weighted by Crippen LogP contribution is 2.46. The number of rotatable bonds is 7. The van der Waals surface area contributed by atoms with Gasteiger partial charge in [-0.05, 0) is 48.0 Å². The molecule has 0 unspecified atom stereocenters. The highest BCUT2D eigenvalue weighted by atomic mass is 32.2. The van der Waals surface area contributed by atoms with Crippen LogP contribution in [0, 0.1) is 5.82 Å². The second-order valence-corrected chi connectivity index (χ2v) is 10.6. The summed E-state index contributed by atoms with van der Waals surface area (Å²) in [5.41, 5.74) is 2.37. The number of hydrogen-bond acceptors (Lipinski definition) is 6. The van der Waals surface area contributed by atoms with Gasteiger partial charge in [0.25, 0.3) is 10.0 Å². The maximum atomic E-state index is 13.2. The summed E-state index contributed by atoms with van der Waals surface area (Å²) in [4.78, 5) is 27.2. The lowest BCUT2D eigenvalue weighted by molar-refractivity contribution is -0.117. The number of sulfonamides is 1. The molecule has 0 spiro atoms. The molecule has 1 N–H and O–H groups in total. The number of para-hydroxylation sites is 2. The van der Waals surface area contributed by atoms with Crippen LogP contribution in [0.3, 0.4) is 0 Å². The summed E-state index contributed by atoms with van der Waals surface area (Å²) in [6.45, 7) is 3.52. The van der Waals surface area contributed by atoms with Crippen molar-refractivity contribution in [1.82, 2.24) is 0 Å². The summed E-state index contributed by atoms with van der Waals surface area (Å²) in [7, 11) is -2.21. The van der Waals surface area contributed by atoms with Crippen LogP contribution in [-0.2, 0) is 25.0 Å². The minimum atomic E-state index is -4.08. The fourth-order valence-corrected chi connectivity index (χ4v) is 5.31. The van der Waals surface area contributed by atoms with Gasteiger partial charge in [-0.3, -0.25) is 9.52 Å². The number of carbonyl (C=O) groups excluding carboxylic acids is 2. The molecule has 1 aliphatic heterocycles. The van der Waals surface area contributed by atoms with Crippen molar-refractivity contribution < 1.29 is 27.1 Å². The van der Waals surface area contributed by atoms with E-state index in [1.165, 1.54) is 18.2 Å². The van der Waals surface area contributed by atoms with Gasteiger partial charge in [0.2, 0.25) is 0 Å². The molecule has 0 radical (unpaired) electrons. The number of fused-ring (bicyclic) bond motifs is 1. The van der Waals surface area contributed by atoms with Crippen LogP contribution < -0.4 is 9.62 Å². The first kappa shape index (κ1) is 25.1. The molecular weight excluding hydrogens is 483 g/mol. The van der Waals surface area contributed by atoms with E-state index in [0.717, 1.165) is 41.2 Å². The summed E-state index contributed by atoms with van der Waals surface area (Å²) in [5, 5.41) is 0. The van der Waals surface area contributed by atoms with E-state index in [2.05, 4.69) is 4.72 Å². The van der Waals surface area contributed by atoms with E-state index in [-0.39, 0.29) is 16.1 Å². The topological polar surface area (TPSA) is 92.8 Å². The molecule has 0 saturated heterocycles. The lowest BCUT2D eigenvalue weighted by atomic mass is 9.83. The Morgan fingerprint density at radius 3 is 2.33 bits per heavy atom. The number of allylic oxidation sites excluding steroid dienone is 1. The SMILES string of the molecule is CN1C(=CC(=O)COC(=O)c2ccccc2NS(=O)(=O)c2ccc(F)cc2)C(C)(C)c2ccccc21. The monoisotopic (exact) mass is 508 g/mol. The average molecular weight is 509 g/mol. The van der Waals surface area contributed by atoms with Crippen molar-refractivity contribution in [3.05, 3.63) is 102 Å². The number of ketones is 1. The Morgan fingerprint density at radius 1 is 1.00 bits per heavy atom. The Bertz CT molecular complexity index is 1460. The number of benzene rings is 3. The molecule has 0 aromatic heterocycles. The molecule has 3 aromatic rings. The third-order valence-corrected chi connectivity index (χ3v) is 7.48. The largest absolute Gasteiger partial charge is 0.454 e. The third kappa shape index (κ3) is 4.87. The van der Waals surface area contributed by atoms with Crippen LogP contribution in [0.4, 0.5) is 15.8 Å². The van der Waals surface area contributed by atoms with Crippen LogP contribution in [0.2, 0.25) is 0 Å². The lowest BCUT2D eigenvalue weighted by Crippen LogP contribution is -2.25. The number of halogens is 1. The summed E-state index contributed by atoms with van der Waals surface area (Å²) in [6, 6.07) is 18.0. The fraction of sp³-hybridized carbons (Fsp3) is 0.185. The quantitative estimate of drug-likeness (QED) is 0.369. The van der Waals surface area contributed by atoms with Crippen molar-refractivity contribution in [2.24, 2.45) is 0 Å². The molecule has 1 aliphatic rings. The molecule has 186 valence electrons. The average Bonchev–Trinajstić information content (AvgIpc) is 3.03. The molecule has 0 bridgehead atoms. The zero-order valence-electron chi connectivity index (χ0n) is 20.0. The molecule has 0 aliphatic carbocycles. The fourth-order valence-electron chi connectivity index (χ4n) is 4.24. The van der Waals surface area contributed by atoms with Crippen LogP contribution in [0.5, 0.6) is 0 Å². The summed E-state index contributed by atoms with van der Waals surface area (Å²) >= 11 is 0. The van der Waals surface area contributed by atoms with E-state index < -0.39 is 39.6 Å². The first-order chi connectivity index (χ1) is 17.0. The Labute approximate surface area is 209 Å². The van der Waals surface area contributed by atoms with E-state index in [1.807, 2.05) is 50.1 Å². The van der Waals surface area contributed by atoms with Gasteiger partial charge in [-0.2, -0.15) is 0 Å². The van der Waals surface area contributed by atoms with Gasteiger partial charge in [0.15, 0.2) is 12.4 Å². The van der Waals surface area contributed by atoms with E-state index in [9.17, 15) is 22.4 Å². The number of anilines is 2. The lowest BCUT2D eigenvalue weighted by Gasteiger charge is -2.23. The van der Waals surface area contributed by atoms with Gasteiger partial charge in [-0.25, -0.2) is 17.6 Å². The molecule has 0 amide bonds. The van der Waals surface area contributed by atoms with Crippen molar-refractivity contribution in [2.45, 2.75) is 24.2 Å². The molecule has 0 saturated carbocycles. The highest BCUT2D eigenvalue weighted by Gasteiger charge is 2.38. The van der Waals surface area contributed by atoms with Gasteiger partial charge in [0.05, 0.1) is 16.1 Å². The number of esters is 1. The smallest absolute Gasteiger partial charge is 0.340 e. The zero-order chi connectivity index (χ0) is 26.1. The van der Waals surface area contributed by atoms with E-state index >= 15 is 0 Å². The van der Waals surface area contributed by atoms with E-state index in [1.54, 1.807) is 12.1 Å². The first-order valence-electron chi connectivity index (χ1n) is 11.1. The Hall–Kier alpha value is -3.98. The second kappa shape index (κ2) is 9.58. The Balaban J connectivity index is 1.48. The maximum absolute atomic E-state index is 13.2. The van der Waals surface area contributed by atoms with Gasteiger partial charge in [-0.1, -0.05) is 44.2 Å². The number of nitrogens with one attached hydrogen (secondary N) is 1. The Kier molecular flexibility index (Phi) is 6.69. The summed E-state index contributed by atoms with van der Waals surface area (Å²) in [5.74, 6) is -1.84. The Morgan fingerprint density at radius 2 is 1.64 bits per heavy atom. The number of carbonyl (C=O) groups is 2. The first-order valence-corrected chi connectivity index (χ1v) is 12.6. The highest BCUT2D eigenvalue weighted by molar-refractivity contribution is 7.92.